The molecule has 5 heteroatoms. The molecule has 0 atom stereocenters. The molecule has 0 bridgehead atoms. The molecule has 0 fully saturated rings. The van der Waals surface area contributed by atoms with Crippen molar-refractivity contribution in [2.24, 2.45) is 0 Å². The molecule has 1 rings (SSSR count). The van der Waals surface area contributed by atoms with Crippen molar-refractivity contribution < 1.29 is 16.5 Å². The third kappa shape index (κ3) is 2.87. The molecule has 12 heavy (non-hydrogen) atoms. The molecule has 0 aromatic heterocycles. The summed E-state index contributed by atoms with van der Waals surface area (Å²) in [4.78, 5) is 0. The van der Waals surface area contributed by atoms with Crippen LogP contribution in [0.3, 0.4) is 0 Å². The molecule has 0 N–H and O–H groups in total. The molecule has 3 nitrogen and oxygen atoms in total. The average Bonchev–Trinajstić information content (AvgIpc) is 1.82. The van der Waals surface area contributed by atoms with E-state index >= 15 is 0 Å². The summed E-state index contributed by atoms with van der Waals surface area (Å²) in [5, 5.41) is 0. The van der Waals surface area contributed by atoms with Crippen LogP contribution in [0.25, 0.3) is 0 Å². The molecule has 0 saturated carbocycles. The van der Waals surface area contributed by atoms with Gasteiger partial charge in [0.1, 0.15) is 5.75 Å². The second-order valence-electron chi connectivity index (χ2n) is 2.29. The highest BCUT2D eigenvalue weighted by Crippen LogP contribution is 2.14. The molecule has 0 aliphatic carbocycles. The Morgan fingerprint density at radius 1 is 1.42 bits per heavy atom. The lowest BCUT2D eigenvalue weighted by molar-refractivity contribution is 0.440. The van der Waals surface area contributed by atoms with E-state index in [0.29, 0.717) is 0 Å². The van der Waals surface area contributed by atoms with Crippen molar-refractivity contribution in [1.82, 2.24) is 0 Å². The molecule has 0 heterocycles. The molecule has 0 spiro atoms. The fourth-order valence-electron chi connectivity index (χ4n) is 0.782. The summed E-state index contributed by atoms with van der Waals surface area (Å²) in [6, 6.07) is 6.12. The van der Waals surface area contributed by atoms with Crippen molar-refractivity contribution in [3.63, 3.8) is 0 Å². The maximum Gasteiger partial charge on any atom is 0.488 e. The second-order valence-corrected chi connectivity index (χ2v) is 3.25. The summed E-state index contributed by atoms with van der Waals surface area (Å²) in [5.41, 5.74) is 0.802. The van der Waals surface area contributed by atoms with Crippen LogP contribution in [0.5, 0.6) is 5.75 Å². The molecule has 1 aromatic carbocycles. The Morgan fingerprint density at radius 2 is 2.08 bits per heavy atom. The first-order chi connectivity index (χ1) is 5.47. The van der Waals surface area contributed by atoms with Crippen molar-refractivity contribution in [2.75, 3.05) is 0 Å². The molecule has 0 amide bonds. The van der Waals surface area contributed by atoms with E-state index < -0.39 is 10.5 Å². The normalized spacial score (nSPS) is 11.2. The number of hydrogen-bond acceptors (Lipinski definition) is 3. The zero-order chi connectivity index (χ0) is 9.19. The molecular formula is C7H7FO3S. The van der Waals surface area contributed by atoms with Gasteiger partial charge in [-0.2, -0.15) is 8.42 Å². The molecule has 0 aliphatic heterocycles. The van der Waals surface area contributed by atoms with Crippen LogP contribution in [0.4, 0.5) is 3.89 Å². The molecule has 0 saturated heterocycles. The first-order valence-electron chi connectivity index (χ1n) is 3.18. The maximum absolute atomic E-state index is 12.0. The van der Waals surface area contributed by atoms with Crippen LogP contribution in [0, 0.1) is 6.92 Å². The van der Waals surface area contributed by atoms with Gasteiger partial charge in [-0.1, -0.05) is 16.0 Å². The maximum atomic E-state index is 12.0. The number of aryl methyl sites for hydroxylation is 1. The van der Waals surface area contributed by atoms with Crippen LogP contribution < -0.4 is 4.18 Å². The van der Waals surface area contributed by atoms with Crippen LogP contribution in [-0.2, 0) is 10.5 Å². The van der Waals surface area contributed by atoms with Crippen LogP contribution in [0.2, 0.25) is 0 Å². The van der Waals surface area contributed by atoms with Crippen LogP contribution in [-0.4, -0.2) is 8.42 Å². The first kappa shape index (κ1) is 8.99. The third-order valence-electron chi connectivity index (χ3n) is 1.19. The van der Waals surface area contributed by atoms with Crippen LogP contribution in [0.1, 0.15) is 5.56 Å². The number of hydrogen-bond donors (Lipinski definition) is 0. The van der Waals surface area contributed by atoms with E-state index in [0.717, 1.165) is 5.56 Å². The zero-order valence-electron chi connectivity index (χ0n) is 6.32. The molecule has 1 aromatic rings. The highest BCUT2D eigenvalue weighted by Gasteiger charge is 2.08. The van der Waals surface area contributed by atoms with Crippen molar-refractivity contribution in [3.8, 4) is 5.75 Å². The Balaban J connectivity index is 2.91. The summed E-state index contributed by atoms with van der Waals surface area (Å²) in [5.74, 6) is -0.0162. The Labute approximate surface area is 70.2 Å². The van der Waals surface area contributed by atoms with Gasteiger partial charge < -0.3 is 4.18 Å². The SMILES string of the molecule is Cc1cccc(OS(=O)(=O)F)c1. The van der Waals surface area contributed by atoms with Gasteiger partial charge >= 0.3 is 10.5 Å². The van der Waals surface area contributed by atoms with E-state index in [-0.39, 0.29) is 5.75 Å². The predicted molar refractivity (Wildman–Crippen MR) is 41.8 cm³/mol. The lowest BCUT2D eigenvalue weighted by atomic mass is 10.2. The van der Waals surface area contributed by atoms with Gasteiger partial charge in [0.25, 0.3) is 0 Å². The largest absolute Gasteiger partial charge is 0.488 e. The molecular weight excluding hydrogens is 183 g/mol. The van der Waals surface area contributed by atoms with E-state index in [1.165, 1.54) is 12.1 Å². The zero-order valence-corrected chi connectivity index (χ0v) is 7.14. The molecule has 0 unspecified atom stereocenters. The minimum atomic E-state index is -4.89. The topological polar surface area (TPSA) is 43.4 Å². The fourth-order valence-corrected chi connectivity index (χ4v) is 1.12. The van der Waals surface area contributed by atoms with Gasteiger partial charge in [-0.15, -0.1) is 0 Å². The van der Waals surface area contributed by atoms with Gasteiger partial charge in [0, 0.05) is 0 Å². The minimum absolute atomic E-state index is 0.0162. The smallest absolute Gasteiger partial charge is 0.358 e. The third-order valence-corrected chi connectivity index (χ3v) is 1.58. The monoisotopic (exact) mass is 190 g/mol. The van der Waals surface area contributed by atoms with E-state index in [1.807, 2.05) is 0 Å². The summed E-state index contributed by atoms with van der Waals surface area (Å²) in [6.45, 7) is 1.75. The second kappa shape index (κ2) is 3.10. The van der Waals surface area contributed by atoms with Crippen molar-refractivity contribution >= 4 is 10.5 Å². The summed E-state index contributed by atoms with van der Waals surface area (Å²) in [7, 11) is -4.89. The van der Waals surface area contributed by atoms with Crippen molar-refractivity contribution in [1.29, 1.82) is 0 Å². The standard InChI is InChI=1S/C7H7FO3S/c1-6-3-2-4-7(5-6)11-12(8,9)10/h2-5H,1H3. The quantitative estimate of drug-likeness (QED) is 0.665. The van der Waals surface area contributed by atoms with Gasteiger partial charge in [0.2, 0.25) is 0 Å². The van der Waals surface area contributed by atoms with Gasteiger partial charge in [-0.3, -0.25) is 0 Å². The Bertz CT molecular complexity index is 372. The summed E-state index contributed by atoms with van der Waals surface area (Å²) >= 11 is 0. The van der Waals surface area contributed by atoms with E-state index in [9.17, 15) is 12.3 Å². The first-order valence-corrected chi connectivity index (χ1v) is 4.49. The number of benzene rings is 1. The average molecular weight is 190 g/mol. The van der Waals surface area contributed by atoms with Crippen molar-refractivity contribution in [3.05, 3.63) is 29.8 Å². The summed E-state index contributed by atoms with van der Waals surface area (Å²) < 4.78 is 36.0. The van der Waals surface area contributed by atoms with Crippen LogP contribution in [0.15, 0.2) is 24.3 Å². The van der Waals surface area contributed by atoms with E-state index in [1.54, 1.807) is 19.1 Å². The molecule has 0 aliphatic rings. The highest BCUT2D eigenvalue weighted by atomic mass is 32.3. The Hall–Kier alpha value is -1.10. The van der Waals surface area contributed by atoms with E-state index in [2.05, 4.69) is 4.18 Å². The van der Waals surface area contributed by atoms with Gasteiger partial charge in [0.05, 0.1) is 0 Å². The predicted octanol–water partition coefficient (Wildman–Crippen LogP) is 1.59. The van der Waals surface area contributed by atoms with Gasteiger partial charge in [-0.25, -0.2) is 0 Å². The highest BCUT2D eigenvalue weighted by molar-refractivity contribution is 7.81. The molecule has 0 radical (unpaired) electrons. The van der Waals surface area contributed by atoms with E-state index in [4.69, 9.17) is 0 Å². The lowest BCUT2D eigenvalue weighted by Gasteiger charge is -1.99. The lowest BCUT2D eigenvalue weighted by Crippen LogP contribution is -2.00. The Morgan fingerprint density at radius 3 is 2.58 bits per heavy atom. The van der Waals surface area contributed by atoms with Gasteiger partial charge in [0.15, 0.2) is 0 Å². The minimum Gasteiger partial charge on any atom is -0.358 e. The van der Waals surface area contributed by atoms with Crippen molar-refractivity contribution in [2.45, 2.75) is 6.92 Å². The Kier molecular flexibility index (Phi) is 2.32. The van der Waals surface area contributed by atoms with Gasteiger partial charge in [-0.05, 0) is 24.6 Å². The number of rotatable bonds is 2. The fraction of sp³-hybridized carbons (Fsp3) is 0.143. The van der Waals surface area contributed by atoms with Crippen LogP contribution >= 0.6 is 0 Å². The molecule has 66 valence electrons. The summed E-state index contributed by atoms with van der Waals surface area (Å²) in [6.07, 6.45) is 0. The number of halogens is 1.